The van der Waals surface area contributed by atoms with E-state index in [0.717, 1.165) is 18.4 Å². The summed E-state index contributed by atoms with van der Waals surface area (Å²) in [7, 11) is 1.09. The van der Waals surface area contributed by atoms with Crippen LogP contribution in [-0.2, 0) is 0 Å². The van der Waals surface area contributed by atoms with Gasteiger partial charge in [0.15, 0.2) is 0 Å². The molecule has 0 spiro atoms. The first-order valence-electron chi connectivity index (χ1n) is 5.25. The number of carbonyl (C=O) groups excluding carboxylic acids is 1. The Morgan fingerprint density at radius 3 is 2.79 bits per heavy atom. The third-order valence-corrected chi connectivity index (χ3v) is 3.59. The van der Waals surface area contributed by atoms with Gasteiger partial charge in [-0.05, 0) is 12.1 Å². The number of hydrogen-bond acceptors (Lipinski definition) is 4. The van der Waals surface area contributed by atoms with Gasteiger partial charge in [0.1, 0.15) is 16.9 Å². The van der Waals surface area contributed by atoms with E-state index in [1.165, 1.54) is 6.20 Å². The van der Waals surface area contributed by atoms with Gasteiger partial charge in [-0.1, -0.05) is 0 Å². The fourth-order valence-electron chi connectivity index (χ4n) is 1.62. The number of alkyl halides is 3. The van der Waals surface area contributed by atoms with E-state index in [0.29, 0.717) is 15.1 Å². The lowest BCUT2D eigenvalue weighted by molar-refractivity contribution is -0.138. The van der Waals surface area contributed by atoms with Gasteiger partial charge in [-0.3, -0.25) is 9.78 Å². The molecule has 0 saturated heterocycles. The van der Waals surface area contributed by atoms with Gasteiger partial charge in [-0.25, -0.2) is 0 Å². The molecule has 0 atom stereocenters. The van der Waals surface area contributed by atoms with Crippen molar-refractivity contribution in [1.29, 1.82) is 0 Å². The second-order valence-electron chi connectivity index (χ2n) is 3.97. The topological polar surface area (TPSA) is 59.2 Å². The Hall–Kier alpha value is -1.83. The minimum absolute atomic E-state index is 0.0838. The summed E-state index contributed by atoms with van der Waals surface area (Å²) in [6.07, 6.45) is -2.92. The van der Waals surface area contributed by atoms with Gasteiger partial charge in [0.05, 0.1) is 10.4 Å². The molecule has 0 unspecified atom stereocenters. The lowest BCUT2D eigenvalue weighted by atomic mass is 10.3. The fraction of sp³-hybridized carbons (Fsp3) is 0.273. The number of nitrogens with zero attached hydrogens (tertiary/aromatic N) is 2. The van der Waals surface area contributed by atoms with Gasteiger partial charge in [0, 0.05) is 13.2 Å². The maximum absolute atomic E-state index is 12.3. The van der Waals surface area contributed by atoms with Crippen LogP contribution in [0.15, 0.2) is 18.3 Å². The molecule has 0 aliphatic heterocycles. The zero-order valence-corrected chi connectivity index (χ0v) is 10.7. The largest absolute Gasteiger partial charge is 0.406 e. The molecule has 2 heterocycles. The summed E-state index contributed by atoms with van der Waals surface area (Å²) in [5.41, 5.74) is 6.33. The van der Waals surface area contributed by atoms with E-state index in [1.54, 1.807) is 12.1 Å². The minimum atomic E-state index is -4.44. The van der Waals surface area contributed by atoms with E-state index in [4.69, 9.17) is 5.73 Å². The molecule has 2 aromatic rings. The monoisotopic (exact) mass is 289 g/mol. The van der Waals surface area contributed by atoms with Gasteiger partial charge in [0.2, 0.25) is 0 Å². The highest BCUT2D eigenvalue weighted by Gasteiger charge is 2.32. The van der Waals surface area contributed by atoms with E-state index in [-0.39, 0.29) is 10.6 Å². The summed E-state index contributed by atoms with van der Waals surface area (Å²) < 4.78 is 37.4. The molecule has 0 aliphatic rings. The first kappa shape index (κ1) is 13.6. The number of aromatic nitrogens is 1. The Morgan fingerprint density at radius 2 is 2.21 bits per heavy atom. The first-order valence-corrected chi connectivity index (χ1v) is 6.06. The van der Waals surface area contributed by atoms with E-state index in [1.807, 2.05) is 0 Å². The molecular weight excluding hydrogens is 279 g/mol. The van der Waals surface area contributed by atoms with Gasteiger partial charge in [-0.15, -0.1) is 11.3 Å². The van der Waals surface area contributed by atoms with Crippen molar-refractivity contribution in [2.24, 2.45) is 0 Å². The third kappa shape index (κ3) is 2.78. The van der Waals surface area contributed by atoms with Crippen LogP contribution in [0.5, 0.6) is 0 Å². The number of fused-ring (bicyclic) bond motifs is 1. The smallest absolute Gasteiger partial charge is 0.396 e. The van der Waals surface area contributed by atoms with Crippen molar-refractivity contribution in [2.75, 3.05) is 19.3 Å². The number of pyridine rings is 1. The molecule has 0 bridgehead atoms. The second kappa shape index (κ2) is 4.69. The molecule has 0 radical (unpaired) electrons. The van der Waals surface area contributed by atoms with Crippen LogP contribution in [0.3, 0.4) is 0 Å². The summed E-state index contributed by atoms with van der Waals surface area (Å²) in [6.45, 7) is -1.31. The van der Waals surface area contributed by atoms with Crippen molar-refractivity contribution in [2.45, 2.75) is 6.18 Å². The van der Waals surface area contributed by atoms with Crippen LogP contribution in [0.4, 0.5) is 18.9 Å². The Morgan fingerprint density at radius 1 is 1.53 bits per heavy atom. The maximum Gasteiger partial charge on any atom is 0.406 e. The van der Waals surface area contributed by atoms with Crippen LogP contribution in [-0.4, -0.2) is 35.6 Å². The number of nitrogen functional groups attached to an aromatic ring is 1. The van der Waals surface area contributed by atoms with Crippen molar-refractivity contribution < 1.29 is 18.0 Å². The average Bonchev–Trinajstić information content (AvgIpc) is 2.64. The Balaban J connectivity index is 2.34. The molecule has 0 aliphatic carbocycles. The average molecular weight is 289 g/mol. The molecule has 8 heteroatoms. The standard InChI is InChI=1S/C11H10F3N3OS/c1-17(5-11(12,13)14)10(18)9-7(15)8-6(19-9)3-2-4-16-8/h2-4H,5,15H2,1H3. The van der Waals surface area contributed by atoms with Crippen molar-refractivity contribution in [3.05, 3.63) is 23.2 Å². The molecule has 4 nitrogen and oxygen atoms in total. The summed E-state index contributed by atoms with van der Waals surface area (Å²) >= 11 is 1.04. The predicted octanol–water partition coefficient (Wildman–Crippen LogP) is 2.51. The summed E-state index contributed by atoms with van der Waals surface area (Å²) in [6, 6.07) is 3.38. The summed E-state index contributed by atoms with van der Waals surface area (Å²) in [5, 5.41) is 0. The fourth-order valence-corrected chi connectivity index (χ4v) is 2.70. The number of rotatable bonds is 2. The number of amides is 1. The van der Waals surface area contributed by atoms with E-state index < -0.39 is 18.6 Å². The molecule has 19 heavy (non-hydrogen) atoms. The molecule has 0 aromatic carbocycles. The lowest BCUT2D eigenvalue weighted by Gasteiger charge is -2.18. The van der Waals surface area contributed by atoms with Crippen LogP contribution in [0, 0.1) is 0 Å². The van der Waals surface area contributed by atoms with Crippen molar-refractivity contribution in [3.8, 4) is 0 Å². The normalized spacial score (nSPS) is 11.8. The number of hydrogen-bond donors (Lipinski definition) is 1. The van der Waals surface area contributed by atoms with Gasteiger partial charge < -0.3 is 10.6 Å². The summed E-state index contributed by atoms with van der Waals surface area (Å²) in [5.74, 6) is -0.752. The molecule has 1 amide bonds. The molecule has 102 valence electrons. The van der Waals surface area contributed by atoms with Gasteiger partial charge in [0.25, 0.3) is 5.91 Å². The zero-order chi connectivity index (χ0) is 14.2. The Labute approximate surface area is 110 Å². The molecular formula is C11H10F3N3OS. The molecule has 2 N–H and O–H groups in total. The number of thiophene rings is 1. The predicted molar refractivity (Wildman–Crippen MR) is 67.0 cm³/mol. The third-order valence-electron chi connectivity index (χ3n) is 2.44. The highest BCUT2D eigenvalue weighted by atomic mass is 32.1. The maximum atomic E-state index is 12.3. The van der Waals surface area contributed by atoms with Crippen molar-refractivity contribution in [1.82, 2.24) is 9.88 Å². The van der Waals surface area contributed by atoms with E-state index in [2.05, 4.69) is 4.98 Å². The van der Waals surface area contributed by atoms with Crippen LogP contribution >= 0.6 is 11.3 Å². The zero-order valence-electron chi connectivity index (χ0n) is 9.86. The van der Waals surface area contributed by atoms with Crippen LogP contribution in [0.2, 0.25) is 0 Å². The second-order valence-corrected chi connectivity index (χ2v) is 5.02. The van der Waals surface area contributed by atoms with Crippen LogP contribution in [0.25, 0.3) is 10.2 Å². The van der Waals surface area contributed by atoms with Gasteiger partial charge >= 0.3 is 6.18 Å². The SMILES string of the molecule is CN(CC(F)(F)F)C(=O)c1sc2cccnc2c1N. The number of nitrogens with two attached hydrogens (primary N) is 1. The number of halogens is 3. The van der Waals surface area contributed by atoms with Crippen molar-refractivity contribution in [3.63, 3.8) is 0 Å². The molecule has 0 fully saturated rings. The highest BCUT2D eigenvalue weighted by Crippen LogP contribution is 2.33. The van der Waals surface area contributed by atoms with Crippen LogP contribution in [0.1, 0.15) is 9.67 Å². The van der Waals surface area contributed by atoms with Crippen molar-refractivity contribution >= 4 is 33.1 Å². The highest BCUT2D eigenvalue weighted by molar-refractivity contribution is 7.21. The summed E-state index contributed by atoms with van der Waals surface area (Å²) in [4.78, 5) is 16.6. The number of anilines is 1. The quantitative estimate of drug-likeness (QED) is 0.924. The molecule has 2 rings (SSSR count). The first-order chi connectivity index (χ1) is 8.79. The lowest BCUT2D eigenvalue weighted by Crippen LogP contribution is -2.35. The Kier molecular flexibility index (Phi) is 3.36. The Bertz CT molecular complexity index is 623. The minimum Gasteiger partial charge on any atom is -0.396 e. The van der Waals surface area contributed by atoms with Gasteiger partial charge in [-0.2, -0.15) is 13.2 Å². The van der Waals surface area contributed by atoms with Crippen LogP contribution < -0.4 is 5.73 Å². The molecule has 2 aromatic heterocycles. The molecule has 0 saturated carbocycles. The van der Waals surface area contributed by atoms with E-state index >= 15 is 0 Å². The number of carbonyl (C=O) groups is 1. The van der Waals surface area contributed by atoms with E-state index in [9.17, 15) is 18.0 Å².